The Kier molecular flexibility index (Phi) is 3.70. The van der Waals surface area contributed by atoms with E-state index in [0.29, 0.717) is 11.6 Å². The third kappa shape index (κ3) is 2.48. The Labute approximate surface area is 108 Å². The van der Waals surface area contributed by atoms with Gasteiger partial charge in [-0.1, -0.05) is 40.4 Å². The molecule has 0 bridgehead atoms. The second-order valence-electron chi connectivity index (χ2n) is 4.52. The molecule has 1 aliphatic carbocycles. The first-order valence-electron chi connectivity index (χ1n) is 5.43. The average Bonchev–Trinajstić information content (AvgIpc) is 2.73. The highest BCUT2D eigenvalue weighted by molar-refractivity contribution is 9.09. The van der Waals surface area contributed by atoms with E-state index in [1.165, 1.54) is 19.0 Å². The normalized spacial score (nSPS) is 18.9. The molecular weight excluding hydrogens is 291 g/mol. The molecule has 1 aromatic heterocycles. The molecule has 2 rings (SSSR count). The predicted molar refractivity (Wildman–Crippen MR) is 68.2 cm³/mol. The molecule has 0 aliphatic heterocycles. The van der Waals surface area contributed by atoms with Gasteiger partial charge in [0.25, 0.3) is 0 Å². The van der Waals surface area contributed by atoms with Crippen LogP contribution in [0.3, 0.4) is 0 Å². The van der Waals surface area contributed by atoms with Gasteiger partial charge in [-0.3, -0.25) is 4.57 Å². The van der Waals surface area contributed by atoms with Gasteiger partial charge in [0.2, 0.25) is 0 Å². The molecule has 1 aromatic rings. The molecule has 16 heavy (non-hydrogen) atoms. The van der Waals surface area contributed by atoms with Crippen LogP contribution in [0.15, 0.2) is 17.2 Å². The Balaban J connectivity index is 2.25. The highest BCUT2D eigenvalue weighted by Gasteiger charge is 2.33. The minimum Gasteiger partial charge on any atom is -0.297 e. The Bertz CT molecular complexity index is 426. The molecule has 1 saturated carbocycles. The fourth-order valence-corrected chi connectivity index (χ4v) is 3.27. The topological polar surface area (TPSA) is 34.9 Å². The van der Waals surface area contributed by atoms with Crippen molar-refractivity contribution in [2.45, 2.75) is 32.2 Å². The molecule has 0 saturated heterocycles. The fourth-order valence-electron chi connectivity index (χ4n) is 2.36. The maximum Gasteiger partial charge on any atom is 0.347 e. The fraction of sp³-hybridized carbons (Fsp3) is 0.636. The summed E-state index contributed by atoms with van der Waals surface area (Å²) in [4.78, 5) is 15.3. The summed E-state index contributed by atoms with van der Waals surface area (Å²) < 4.78 is 1.63. The Hall–Kier alpha value is -0.350. The van der Waals surface area contributed by atoms with Gasteiger partial charge < -0.3 is 0 Å². The summed E-state index contributed by atoms with van der Waals surface area (Å²) in [6.07, 6.45) is 7.90. The van der Waals surface area contributed by atoms with Crippen LogP contribution in [0.5, 0.6) is 0 Å². The summed E-state index contributed by atoms with van der Waals surface area (Å²) in [5.74, 6) is 0. The van der Waals surface area contributed by atoms with Crippen molar-refractivity contribution in [1.82, 2.24) is 9.55 Å². The van der Waals surface area contributed by atoms with Gasteiger partial charge in [-0.2, -0.15) is 0 Å². The molecule has 0 unspecified atom stereocenters. The average molecular weight is 306 g/mol. The minimum absolute atomic E-state index is 0.205. The summed E-state index contributed by atoms with van der Waals surface area (Å²) in [5, 5.41) is 1.45. The molecule has 0 aromatic carbocycles. The van der Waals surface area contributed by atoms with Crippen LogP contribution in [0.2, 0.25) is 5.02 Å². The van der Waals surface area contributed by atoms with E-state index in [-0.39, 0.29) is 11.1 Å². The maximum atomic E-state index is 11.6. The zero-order valence-electron chi connectivity index (χ0n) is 8.96. The molecule has 0 spiro atoms. The molecule has 1 aliphatic rings. The Morgan fingerprint density at radius 1 is 1.50 bits per heavy atom. The molecule has 0 atom stereocenters. The monoisotopic (exact) mass is 304 g/mol. The van der Waals surface area contributed by atoms with E-state index in [2.05, 4.69) is 20.9 Å². The van der Waals surface area contributed by atoms with Crippen molar-refractivity contribution < 1.29 is 0 Å². The molecule has 0 amide bonds. The number of hydrogen-bond donors (Lipinski definition) is 0. The van der Waals surface area contributed by atoms with Crippen LogP contribution in [0, 0.1) is 5.41 Å². The number of nitrogens with zero attached hydrogens (tertiary/aromatic N) is 2. The standard InChI is InChI=1S/C11H14BrClN2O/c12-7-11(3-1-2-4-11)8-15-6-9(13)5-14-10(15)16/h5-6H,1-4,7-8H2. The SMILES string of the molecule is O=c1ncc(Cl)cn1CC1(CBr)CCCC1. The number of alkyl halides is 1. The first-order valence-corrected chi connectivity index (χ1v) is 6.93. The third-order valence-corrected chi connectivity index (χ3v) is 4.66. The van der Waals surface area contributed by atoms with Gasteiger partial charge in [0, 0.05) is 18.1 Å². The van der Waals surface area contributed by atoms with Gasteiger partial charge in [-0.25, -0.2) is 9.78 Å². The lowest BCUT2D eigenvalue weighted by Crippen LogP contribution is -2.32. The number of halogens is 2. The number of rotatable bonds is 3. The lowest BCUT2D eigenvalue weighted by Gasteiger charge is -2.26. The first-order chi connectivity index (χ1) is 7.65. The summed E-state index contributed by atoms with van der Waals surface area (Å²) in [6.45, 7) is 0.713. The van der Waals surface area contributed by atoms with Crippen molar-refractivity contribution in [2.75, 3.05) is 5.33 Å². The zero-order valence-corrected chi connectivity index (χ0v) is 11.3. The van der Waals surface area contributed by atoms with Crippen LogP contribution < -0.4 is 5.69 Å². The zero-order chi connectivity index (χ0) is 11.6. The number of hydrogen-bond acceptors (Lipinski definition) is 2. The van der Waals surface area contributed by atoms with Crippen molar-refractivity contribution in [3.63, 3.8) is 0 Å². The van der Waals surface area contributed by atoms with Crippen molar-refractivity contribution in [3.05, 3.63) is 27.9 Å². The quantitative estimate of drug-likeness (QED) is 0.805. The van der Waals surface area contributed by atoms with Crippen LogP contribution in [0.1, 0.15) is 25.7 Å². The molecule has 88 valence electrons. The summed E-state index contributed by atoms with van der Waals surface area (Å²) in [7, 11) is 0. The van der Waals surface area contributed by atoms with Gasteiger partial charge in [-0.15, -0.1) is 0 Å². The van der Waals surface area contributed by atoms with Gasteiger partial charge in [0.1, 0.15) is 0 Å². The molecule has 1 fully saturated rings. The van der Waals surface area contributed by atoms with E-state index in [1.807, 2.05) is 0 Å². The van der Waals surface area contributed by atoms with E-state index in [4.69, 9.17) is 11.6 Å². The van der Waals surface area contributed by atoms with E-state index in [0.717, 1.165) is 18.2 Å². The van der Waals surface area contributed by atoms with E-state index < -0.39 is 0 Å². The van der Waals surface area contributed by atoms with Crippen molar-refractivity contribution in [2.24, 2.45) is 5.41 Å². The highest BCUT2D eigenvalue weighted by atomic mass is 79.9. The maximum absolute atomic E-state index is 11.6. The van der Waals surface area contributed by atoms with Crippen molar-refractivity contribution in [1.29, 1.82) is 0 Å². The minimum atomic E-state index is -0.211. The van der Waals surface area contributed by atoms with Gasteiger partial charge in [0.15, 0.2) is 0 Å². The van der Waals surface area contributed by atoms with Crippen LogP contribution in [0.4, 0.5) is 0 Å². The molecular formula is C11H14BrClN2O. The smallest absolute Gasteiger partial charge is 0.297 e. The molecule has 3 nitrogen and oxygen atoms in total. The summed E-state index contributed by atoms with van der Waals surface area (Å²) >= 11 is 9.42. The van der Waals surface area contributed by atoms with Crippen molar-refractivity contribution in [3.8, 4) is 0 Å². The van der Waals surface area contributed by atoms with Crippen LogP contribution >= 0.6 is 27.5 Å². The lowest BCUT2D eigenvalue weighted by atomic mass is 9.89. The molecule has 5 heteroatoms. The lowest BCUT2D eigenvalue weighted by molar-refractivity contribution is 0.286. The molecule has 0 radical (unpaired) electrons. The number of aromatic nitrogens is 2. The second-order valence-corrected chi connectivity index (χ2v) is 5.52. The first kappa shape index (κ1) is 12.1. The second kappa shape index (κ2) is 4.88. The van der Waals surface area contributed by atoms with E-state index >= 15 is 0 Å². The third-order valence-electron chi connectivity index (χ3n) is 3.28. The summed E-state index contributed by atoms with van der Waals surface area (Å²) in [5.41, 5.74) is -0.00691. The van der Waals surface area contributed by atoms with E-state index in [9.17, 15) is 4.79 Å². The van der Waals surface area contributed by atoms with E-state index in [1.54, 1.807) is 10.8 Å². The Morgan fingerprint density at radius 3 is 2.81 bits per heavy atom. The molecule has 1 heterocycles. The van der Waals surface area contributed by atoms with Crippen molar-refractivity contribution >= 4 is 27.5 Å². The van der Waals surface area contributed by atoms with Crippen LogP contribution in [-0.2, 0) is 6.54 Å². The van der Waals surface area contributed by atoms with Crippen LogP contribution in [-0.4, -0.2) is 14.9 Å². The van der Waals surface area contributed by atoms with Gasteiger partial charge >= 0.3 is 5.69 Å². The van der Waals surface area contributed by atoms with Gasteiger partial charge in [0.05, 0.1) is 11.2 Å². The molecule has 0 N–H and O–H groups in total. The largest absolute Gasteiger partial charge is 0.347 e. The van der Waals surface area contributed by atoms with Gasteiger partial charge in [-0.05, 0) is 18.3 Å². The highest BCUT2D eigenvalue weighted by Crippen LogP contribution is 2.40. The predicted octanol–water partition coefficient (Wildman–Crippen LogP) is 2.85. The van der Waals surface area contributed by atoms with Crippen LogP contribution in [0.25, 0.3) is 0 Å². The summed E-state index contributed by atoms with van der Waals surface area (Å²) in [6, 6.07) is 0. The Morgan fingerprint density at radius 2 is 2.19 bits per heavy atom.